The van der Waals surface area contributed by atoms with Crippen LogP contribution in [-0.4, -0.2) is 17.9 Å². The average molecular weight is 289 g/mol. The molecular weight excluding hydrogens is 276 g/mol. The fourth-order valence-electron chi connectivity index (χ4n) is 0.430. The summed E-state index contributed by atoms with van der Waals surface area (Å²) in [7, 11) is 11.6. The van der Waals surface area contributed by atoms with Crippen LogP contribution in [0.1, 0.15) is 20.8 Å². The molecular formula is C7H13Cl2NOZr. The molecule has 0 aliphatic heterocycles. The molecule has 0 saturated heterocycles. The average Bonchev–Trinajstić information content (AvgIpc) is 2.03. The first-order valence-corrected chi connectivity index (χ1v) is 9.60. The van der Waals surface area contributed by atoms with E-state index in [-0.39, 0.29) is 0 Å². The van der Waals surface area contributed by atoms with Crippen LogP contribution in [0.3, 0.4) is 0 Å². The predicted molar refractivity (Wildman–Crippen MR) is 51.7 cm³/mol. The second-order valence-corrected chi connectivity index (χ2v) is 5.82. The summed E-state index contributed by atoms with van der Waals surface area (Å²) < 4.78 is 0. The quantitative estimate of drug-likeness (QED) is 0.583. The van der Waals surface area contributed by atoms with E-state index in [4.69, 9.17) is 22.1 Å². The summed E-state index contributed by atoms with van der Waals surface area (Å²) in [5.74, 6) is 0.345. The third-order valence-electron chi connectivity index (χ3n) is 1.42. The summed E-state index contributed by atoms with van der Waals surface area (Å²) in [4.78, 5) is 3.91. The Hall–Kier alpha value is 0.673. The van der Waals surface area contributed by atoms with Crippen molar-refractivity contribution in [3.63, 3.8) is 0 Å². The van der Waals surface area contributed by atoms with Crippen LogP contribution in [0.4, 0.5) is 0 Å². The number of allylic oxidation sites excluding steroid dienone is 2. The predicted octanol–water partition coefficient (Wildman–Crippen LogP) is 3.31. The van der Waals surface area contributed by atoms with Crippen LogP contribution in [-0.2, 0) is 20.8 Å². The molecule has 2 nitrogen and oxygen atoms in total. The van der Waals surface area contributed by atoms with E-state index in [0.717, 1.165) is 11.3 Å². The maximum absolute atomic E-state index is 8.92. The second-order valence-electron chi connectivity index (χ2n) is 2.09. The Kier molecular flexibility index (Phi) is 12.3. The van der Waals surface area contributed by atoms with E-state index >= 15 is 0 Å². The van der Waals surface area contributed by atoms with E-state index < -0.39 is 20.8 Å². The molecule has 0 unspecified atom stereocenters. The van der Waals surface area contributed by atoms with Crippen molar-refractivity contribution in [1.82, 2.24) is 0 Å². The summed E-state index contributed by atoms with van der Waals surface area (Å²) >= 11 is -0.826. The molecule has 0 aromatic heterocycles. The van der Waals surface area contributed by atoms with E-state index in [1.54, 1.807) is 14.0 Å². The third-order valence-corrected chi connectivity index (χ3v) is 1.42. The van der Waals surface area contributed by atoms with Crippen LogP contribution in [0.25, 0.3) is 0 Å². The Labute approximate surface area is 92.3 Å². The van der Waals surface area contributed by atoms with E-state index in [0.29, 0.717) is 5.76 Å². The van der Waals surface area contributed by atoms with Crippen molar-refractivity contribution < 1.29 is 26.0 Å². The number of aliphatic hydroxyl groups is 1. The van der Waals surface area contributed by atoms with Crippen molar-refractivity contribution in [2.45, 2.75) is 20.8 Å². The first-order valence-electron chi connectivity index (χ1n) is 3.27. The molecule has 0 bridgehead atoms. The van der Waals surface area contributed by atoms with Crippen LogP contribution in [0.15, 0.2) is 16.3 Å². The normalized spacial score (nSPS) is 12.7. The summed E-state index contributed by atoms with van der Waals surface area (Å²) in [6.45, 7) is 5.37. The number of halogens is 2. The zero-order valence-corrected chi connectivity index (χ0v) is 11.6. The topological polar surface area (TPSA) is 32.6 Å². The molecule has 0 spiro atoms. The van der Waals surface area contributed by atoms with Crippen molar-refractivity contribution in [2.24, 2.45) is 4.99 Å². The van der Waals surface area contributed by atoms with Gasteiger partial charge in [0.1, 0.15) is 0 Å². The molecule has 70 valence electrons. The first-order chi connectivity index (χ1) is 5.51. The molecule has 0 saturated carbocycles. The fraction of sp³-hybridized carbons (Fsp3) is 0.571. The minimum atomic E-state index is -0.826. The van der Waals surface area contributed by atoms with Gasteiger partial charge in [-0.1, -0.05) is 0 Å². The van der Waals surface area contributed by atoms with Crippen molar-refractivity contribution in [3.8, 4) is 0 Å². The van der Waals surface area contributed by atoms with Gasteiger partial charge in [0.05, 0.1) is 5.76 Å². The van der Waals surface area contributed by atoms with Crippen LogP contribution in [0.2, 0.25) is 0 Å². The fourth-order valence-corrected chi connectivity index (χ4v) is 0.430. The molecule has 0 rings (SSSR count). The molecule has 12 heavy (non-hydrogen) atoms. The van der Waals surface area contributed by atoms with Gasteiger partial charge in [-0.25, -0.2) is 0 Å². The van der Waals surface area contributed by atoms with Gasteiger partial charge < -0.3 is 5.11 Å². The van der Waals surface area contributed by atoms with Gasteiger partial charge in [0, 0.05) is 18.3 Å². The Morgan fingerprint density at radius 1 is 1.25 bits per heavy atom. The van der Waals surface area contributed by atoms with Gasteiger partial charge in [0.25, 0.3) is 0 Å². The number of hydrogen-bond acceptors (Lipinski definition) is 2. The van der Waals surface area contributed by atoms with E-state index in [1.165, 1.54) is 0 Å². The van der Waals surface area contributed by atoms with Crippen molar-refractivity contribution >= 4 is 22.7 Å². The second kappa shape index (κ2) is 9.76. The van der Waals surface area contributed by atoms with E-state index in [9.17, 15) is 0 Å². The SMILES string of the molecule is CN=C(C)/C(C)=C(/C)O.[Cl][Zr][Cl]. The van der Waals surface area contributed by atoms with Crippen molar-refractivity contribution in [2.75, 3.05) is 7.05 Å². The van der Waals surface area contributed by atoms with E-state index in [1.807, 2.05) is 13.8 Å². The standard InChI is InChI=1S/C7H13NO.2ClH.Zr/c1-5(7(3)9)6(2)8-4;;;/h9H,1-4H3;2*1H;/q;;;+2/p-2/b7-5-,8-6?;;;. The number of hydrogen-bond donors (Lipinski definition) is 1. The molecule has 0 aliphatic rings. The summed E-state index contributed by atoms with van der Waals surface area (Å²) in [6, 6.07) is 0. The van der Waals surface area contributed by atoms with Gasteiger partial charge in [-0.05, 0) is 20.8 Å². The molecule has 0 amide bonds. The summed E-state index contributed by atoms with van der Waals surface area (Å²) in [5, 5.41) is 8.92. The zero-order valence-electron chi connectivity index (χ0n) is 7.65. The number of nitrogens with zero attached hydrogens (tertiary/aromatic N) is 1. The molecule has 1 N–H and O–H groups in total. The molecule has 0 heterocycles. The molecule has 0 aromatic carbocycles. The molecule has 0 atom stereocenters. The molecule has 5 heteroatoms. The first kappa shape index (κ1) is 15.2. The van der Waals surface area contributed by atoms with Crippen LogP contribution in [0.5, 0.6) is 0 Å². The molecule has 0 aromatic rings. The van der Waals surface area contributed by atoms with Crippen LogP contribution >= 0.6 is 17.0 Å². The Morgan fingerprint density at radius 2 is 1.58 bits per heavy atom. The minimum absolute atomic E-state index is 0.345. The monoisotopic (exact) mass is 287 g/mol. The Bertz CT molecular complexity index is 176. The van der Waals surface area contributed by atoms with Crippen LogP contribution in [0, 0.1) is 0 Å². The maximum atomic E-state index is 8.92. The number of rotatable bonds is 1. The van der Waals surface area contributed by atoms with E-state index in [2.05, 4.69) is 4.99 Å². The zero-order chi connectivity index (χ0) is 10.1. The van der Waals surface area contributed by atoms with Gasteiger partial charge in [-0.2, -0.15) is 0 Å². The van der Waals surface area contributed by atoms with Gasteiger partial charge in [-0.15, -0.1) is 0 Å². The Morgan fingerprint density at radius 3 is 1.67 bits per heavy atom. The van der Waals surface area contributed by atoms with Crippen molar-refractivity contribution in [3.05, 3.63) is 11.3 Å². The van der Waals surface area contributed by atoms with Gasteiger partial charge in [-0.3, -0.25) is 4.99 Å². The van der Waals surface area contributed by atoms with Crippen molar-refractivity contribution in [1.29, 1.82) is 0 Å². The number of aliphatic hydroxyl groups excluding tert-OH is 1. The molecule has 0 fully saturated rings. The van der Waals surface area contributed by atoms with Gasteiger partial charge in [0.2, 0.25) is 0 Å². The molecule has 0 radical (unpaired) electrons. The van der Waals surface area contributed by atoms with Gasteiger partial charge >= 0.3 is 37.9 Å². The number of aliphatic imine (C=N–C) groups is 1. The summed E-state index contributed by atoms with van der Waals surface area (Å²) in [6.07, 6.45) is 0. The summed E-state index contributed by atoms with van der Waals surface area (Å²) in [5.41, 5.74) is 1.74. The Balaban J connectivity index is 0. The molecule has 0 aliphatic carbocycles. The third kappa shape index (κ3) is 8.77. The van der Waals surface area contributed by atoms with Crippen LogP contribution < -0.4 is 0 Å². The van der Waals surface area contributed by atoms with Gasteiger partial charge in [0.15, 0.2) is 0 Å².